The quantitative estimate of drug-likeness (QED) is 0.895. The van der Waals surface area contributed by atoms with Crippen molar-refractivity contribution >= 4 is 5.91 Å². The molecule has 1 aromatic carbocycles. The Morgan fingerprint density at radius 2 is 2.05 bits per heavy atom. The van der Waals surface area contributed by atoms with Crippen LogP contribution in [-0.2, 0) is 4.79 Å². The van der Waals surface area contributed by atoms with Crippen molar-refractivity contribution < 1.29 is 9.53 Å². The lowest BCUT2D eigenvalue weighted by Crippen LogP contribution is -2.49. The Balaban J connectivity index is 2.08. The molecule has 2 rings (SSSR count). The van der Waals surface area contributed by atoms with Gasteiger partial charge in [-0.05, 0) is 31.5 Å². The molecule has 1 amide bonds. The van der Waals surface area contributed by atoms with E-state index in [0.29, 0.717) is 6.54 Å². The second kappa shape index (κ2) is 7.61. The molecule has 5 heteroatoms. The van der Waals surface area contributed by atoms with Crippen LogP contribution in [-0.4, -0.2) is 62.1 Å². The lowest BCUT2D eigenvalue weighted by molar-refractivity contribution is -0.130. The maximum atomic E-state index is 12.0. The molecule has 1 aliphatic rings. The number of hydrogen-bond acceptors (Lipinski definition) is 4. The van der Waals surface area contributed by atoms with Crippen molar-refractivity contribution in [3.8, 4) is 5.75 Å². The fourth-order valence-corrected chi connectivity index (χ4v) is 2.62. The number of amides is 1. The van der Waals surface area contributed by atoms with Gasteiger partial charge in [0.2, 0.25) is 5.91 Å². The van der Waals surface area contributed by atoms with E-state index in [1.807, 2.05) is 26.0 Å². The second-order valence-corrected chi connectivity index (χ2v) is 6.21. The van der Waals surface area contributed by atoms with Crippen molar-refractivity contribution in [2.75, 3.05) is 40.3 Å². The van der Waals surface area contributed by atoms with Crippen molar-refractivity contribution in [2.45, 2.75) is 26.0 Å². The van der Waals surface area contributed by atoms with E-state index in [1.54, 1.807) is 19.0 Å². The van der Waals surface area contributed by atoms with Crippen LogP contribution in [0.25, 0.3) is 0 Å². The van der Waals surface area contributed by atoms with Crippen LogP contribution in [0.1, 0.15) is 25.5 Å². The van der Waals surface area contributed by atoms with Gasteiger partial charge < -0.3 is 15.0 Å². The van der Waals surface area contributed by atoms with Crippen LogP contribution in [0.5, 0.6) is 5.75 Å². The van der Waals surface area contributed by atoms with Crippen LogP contribution in [0.15, 0.2) is 24.3 Å². The molecule has 1 atom stereocenters. The van der Waals surface area contributed by atoms with Crippen LogP contribution in [0.4, 0.5) is 0 Å². The lowest BCUT2D eigenvalue weighted by atomic mass is 10.0. The normalized spacial score (nSPS) is 19.2. The topological polar surface area (TPSA) is 44.8 Å². The summed E-state index contributed by atoms with van der Waals surface area (Å²) in [5.74, 6) is 1.03. The zero-order valence-corrected chi connectivity index (χ0v) is 14.0. The standard InChI is InChI=1S/C17H27N3O2/c1-13(2)22-15-7-5-14(6-8-15)16-11-18-9-10-20(16)12-17(21)19(3)4/h5-8,13,16,18H,9-12H2,1-4H3/t16-/m0/s1. The molecule has 1 heterocycles. The van der Waals surface area contributed by atoms with E-state index < -0.39 is 0 Å². The molecule has 1 fully saturated rings. The molecule has 1 aromatic rings. The summed E-state index contributed by atoms with van der Waals surface area (Å²) in [6.07, 6.45) is 0.177. The van der Waals surface area contributed by atoms with Gasteiger partial charge in [0.05, 0.1) is 12.6 Å². The van der Waals surface area contributed by atoms with Gasteiger partial charge in [-0.25, -0.2) is 0 Å². The smallest absolute Gasteiger partial charge is 0.236 e. The van der Waals surface area contributed by atoms with E-state index in [4.69, 9.17) is 4.74 Å². The number of nitrogens with zero attached hydrogens (tertiary/aromatic N) is 2. The van der Waals surface area contributed by atoms with E-state index in [2.05, 4.69) is 22.3 Å². The lowest BCUT2D eigenvalue weighted by Gasteiger charge is -2.36. The molecule has 0 radical (unpaired) electrons. The van der Waals surface area contributed by atoms with Gasteiger partial charge in [0.15, 0.2) is 0 Å². The molecule has 0 saturated carbocycles. The number of rotatable bonds is 5. The second-order valence-electron chi connectivity index (χ2n) is 6.21. The molecule has 122 valence electrons. The van der Waals surface area contributed by atoms with E-state index in [-0.39, 0.29) is 18.1 Å². The molecule has 5 nitrogen and oxygen atoms in total. The highest BCUT2D eigenvalue weighted by Gasteiger charge is 2.25. The molecule has 0 aliphatic carbocycles. The summed E-state index contributed by atoms with van der Waals surface area (Å²) in [6.45, 7) is 7.18. The van der Waals surface area contributed by atoms with Crippen molar-refractivity contribution in [3.05, 3.63) is 29.8 Å². The van der Waals surface area contributed by atoms with Gasteiger partial charge in [0.1, 0.15) is 5.75 Å². The Hall–Kier alpha value is -1.59. The molecule has 1 saturated heterocycles. The Morgan fingerprint density at radius 1 is 1.36 bits per heavy atom. The van der Waals surface area contributed by atoms with Crippen LogP contribution in [0.2, 0.25) is 0 Å². The molecular weight excluding hydrogens is 278 g/mol. The van der Waals surface area contributed by atoms with E-state index in [0.717, 1.165) is 25.4 Å². The SMILES string of the molecule is CC(C)Oc1ccc([C@@H]2CNCCN2CC(=O)N(C)C)cc1. The predicted molar refractivity (Wildman–Crippen MR) is 88.1 cm³/mol. The first kappa shape index (κ1) is 16.8. The van der Waals surface area contributed by atoms with E-state index in [9.17, 15) is 4.79 Å². The molecular formula is C17H27N3O2. The Kier molecular flexibility index (Phi) is 5.80. The molecule has 22 heavy (non-hydrogen) atoms. The monoisotopic (exact) mass is 305 g/mol. The molecule has 1 N–H and O–H groups in total. The van der Waals surface area contributed by atoms with Gasteiger partial charge >= 0.3 is 0 Å². The average molecular weight is 305 g/mol. The third-order valence-electron chi connectivity index (χ3n) is 3.83. The van der Waals surface area contributed by atoms with Crippen molar-refractivity contribution in [3.63, 3.8) is 0 Å². The van der Waals surface area contributed by atoms with Gasteiger partial charge in [-0.1, -0.05) is 12.1 Å². The Labute approximate surface area is 133 Å². The Bertz CT molecular complexity index is 485. The first-order chi connectivity index (χ1) is 10.5. The average Bonchev–Trinajstić information content (AvgIpc) is 2.48. The first-order valence-electron chi connectivity index (χ1n) is 7.89. The summed E-state index contributed by atoms with van der Waals surface area (Å²) in [5.41, 5.74) is 1.22. The van der Waals surface area contributed by atoms with Crippen LogP contribution >= 0.6 is 0 Å². The number of ether oxygens (including phenoxy) is 1. The number of piperazine rings is 1. The third kappa shape index (κ3) is 4.45. The maximum absolute atomic E-state index is 12.0. The minimum atomic E-state index is 0.145. The minimum Gasteiger partial charge on any atom is -0.491 e. The number of hydrogen-bond donors (Lipinski definition) is 1. The summed E-state index contributed by atoms with van der Waals surface area (Å²) < 4.78 is 5.69. The molecule has 1 aliphatic heterocycles. The highest BCUT2D eigenvalue weighted by Crippen LogP contribution is 2.24. The summed E-state index contributed by atoms with van der Waals surface area (Å²) in [6, 6.07) is 8.45. The number of carbonyl (C=O) groups excluding carboxylic acids is 1. The number of benzene rings is 1. The van der Waals surface area contributed by atoms with E-state index >= 15 is 0 Å². The minimum absolute atomic E-state index is 0.145. The van der Waals surface area contributed by atoms with Crippen LogP contribution in [0.3, 0.4) is 0 Å². The molecule has 0 unspecified atom stereocenters. The zero-order chi connectivity index (χ0) is 16.1. The maximum Gasteiger partial charge on any atom is 0.236 e. The summed E-state index contributed by atoms with van der Waals surface area (Å²) >= 11 is 0. The summed E-state index contributed by atoms with van der Waals surface area (Å²) in [4.78, 5) is 15.9. The molecule has 0 spiro atoms. The molecule has 0 bridgehead atoms. The van der Waals surface area contributed by atoms with Gasteiger partial charge in [-0.3, -0.25) is 9.69 Å². The predicted octanol–water partition coefficient (Wildman–Crippen LogP) is 1.51. The highest BCUT2D eigenvalue weighted by molar-refractivity contribution is 5.77. The summed E-state index contributed by atoms with van der Waals surface area (Å²) in [5, 5.41) is 3.41. The van der Waals surface area contributed by atoms with Gasteiger partial charge in [-0.2, -0.15) is 0 Å². The van der Waals surface area contributed by atoms with Crippen molar-refractivity contribution in [2.24, 2.45) is 0 Å². The molecule has 0 aromatic heterocycles. The number of carbonyl (C=O) groups is 1. The highest BCUT2D eigenvalue weighted by atomic mass is 16.5. The van der Waals surface area contributed by atoms with E-state index in [1.165, 1.54) is 5.56 Å². The fraction of sp³-hybridized carbons (Fsp3) is 0.588. The summed E-state index contributed by atoms with van der Waals surface area (Å²) in [7, 11) is 3.61. The van der Waals surface area contributed by atoms with Crippen LogP contribution in [0, 0.1) is 0 Å². The number of likely N-dealkylation sites (N-methyl/N-ethyl adjacent to an activating group) is 1. The number of nitrogens with one attached hydrogen (secondary N) is 1. The first-order valence-corrected chi connectivity index (χ1v) is 7.89. The Morgan fingerprint density at radius 3 is 2.64 bits per heavy atom. The van der Waals surface area contributed by atoms with Gasteiger partial charge in [0, 0.05) is 39.8 Å². The fourth-order valence-electron chi connectivity index (χ4n) is 2.62. The third-order valence-corrected chi connectivity index (χ3v) is 3.83. The van der Waals surface area contributed by atoms with Crippen LogP contribution < -0.4 is 10.1 Å². The van der Waals surface area contributed by atoms with Crippen molar-refractivity contribution in [1.82, 2.24) is 15.1 Å². The van der Waals surface area contributed by atoms with Crippen molar-refractivity contribution in [1.29, 1.82) is 0 Å². The van der Waals surface area contributed by atoms with Gasteiger partial charge in [0.25, 0.3) is 0 Å². The zero-order valence-electron chi connectivity index (χ0n) is 14.0. The largest absolute Gasteiger partial charge is 0.491 e. The van der Waals surface area contributed by atoms with Gasteiger partial charge in [-0.15, -0.1) is 0 Å².